The van der Waals surface area contributed by atoms with Gasteiger partial charge in [0.2, 0.25) is 5.91 Å². The smallest absolute Gasteiger partial charge is 0.335 e. The second kappa shape index (κ2) is 4.37. The van der Waals surface area contributed by atoms with Gasteiger partial charge in [0.05, 0.1) is 16.3 Å². The Hall–Kier alpha value is -1.55. The Labute approximate surface area is 104 Å². The number of hydrogen-bond donors (Lipinski definition) is 2. The second-order valence-electron chi connectivity index (χ2n) is 4.31. The first-order chi connectivity index (χ1) is 7.99. The second-order valence-corrected chi connectivity index (χ2v) is 4.72. The first-order valence-electron chi connectivity index (χ1n) is 5.32. The number of benzene rings is 1. The monoisotopic (exact) mass is 253 g/mol. The molecule has 0 aromatic heterocycles. The fourth-order valence-corrected chi connectivity index (χ4v) is 1.83. The van der Waals surface area contributed by atoms with Crippen LogP contribution < -0.4 is 5.32 Å². The predicted octanol–water partition coefficient (Wildman–Crippen LogP) is 2.63. The van der Waals surface area contributed by atoms with E-state index in [1.165, 1.54) is 18.2 Å². The molecule has 0 spiro atoms. The van der Waals surface area contributed by atoms with Gasteiger partial charge in [-0.05, 0) is 30.5 Å². The topological polar surface area (TPSA) is 66.4 Å². The third-order valence-corrected chi connectivity index (χ3v) is 3.25. The number of hydrogen-bond acceptors (Lipinski definition) is 2. The summed E-state index contributed by atoms with van der Waals surface area (Å²) in [7, 11) is 0. The van der Waals surface area contributed by atoms with Gasteiger partial charge in [0, 0.05) is 5.92 Å². The number of rotatable bonds is 3. The zero-order valence-electron chi connectivity index (χ0n) is 9.24. The molecule has 0 radical (unpaired) electrons. The molecule has 17 heavy (non-hydrogen) atoms. The molecule has 1 aliphatic carbocycles. The van der Waals surface area contributed by atoms with Crippen LogP contribution in [0.15, 0.2) is 18.2 Å². The molecule has 0 aliphatic heterocycles. The lowest BCUT2D eigenvalue weighted by atomic mass is 10.2. The maximum atomic E-state index is 11.7. The summed E-state index contributed by atoms with van der Waals surface area (Å²) in [5.74, 6) is -0.713. The molecule has 2 N–H and O–H groups in total. The Balaban J connectivity index is 2.16. The van der Waals surface area contributed by atoms with Crippen LogP contribution in [0, 0.1) is 11.8 Å². The van der Waals surface area contributed by atoms with Crippen LogP contribution in [-0.2, 0) is 4.79 Å². The van der Waals surface area contributed by atoms with Gasteiger partial charge in [0.1, 0.15) is 0 Å². The van der Waals surface area contributed by atoms with Crippen LogP contribution in [0.1, 0.15) is 23.7 Å². The third-order valence-electron chi connectivity index (χ3n) is 2.92. The molecule has 0 heterocycles. The van der Waals surface area contributed by atoms with E-state index in [1.54, 1.807) is 0 Å². The van der Waals surface area contributed by atoms with Crippen molar-refractivity contribution >= 4 is 29.2 Å². The van der Waals surface area contributed by atoms with Crippen LogP contribution in [-0.4, -0.2) is 17.0 Å². The van der Waals surface area contributed by atoms with Crippen molar-refractivity contribution < 1.29 is 14.7 Å². The SMILES string of the molecule is CC1CC1C(=O)Nc1cc(C(=O)O)ccc1Cl. The summed E-state index contributed by atoms with van der Waals surface area (Å²) in [6, 6.07) is 4.24. The summed E-state index contributed by atoms with van der Waals surface area (Å²) in [5.41, 5.74) is 0.462. The number of aromatic carboxylic acids is 1. The van der Waals surface area contributed by atoms with Crippen molar-refractivity contribution in [3.63, 3.8) is 0 Å². The standard InChI is InChI=1S/C12H12ClNO3/c1-6-4-8(6)11(15)14-10-5-7(12(16)17)2-3-9(10)13/h2-3,5-6,8H,4H2,1H3,(H,14,15)(H,16,17). The van der Waals surface area contributed by atoms with Gasteiger partial charge in [-0.3, -0.25) is 4.79 Å². The molecule has 5 heteroatoms. The van der Waals surface area contributed by atoms with E-state index in [0.717, 1.165) is 6.42 Å². The Bertz CT molecular complexity index is 487. The maximum Gasteiger partial charge on any atom is 0.335 e. The number of carboxylic acids is 1. The zero-order chi connectivity index (χ0) is 12.6. The normalized spacial score (nSPS) is 22.0. The first-order valence-corrected chi connectivity index (χ1v) is 5.70. The van der Waals surface area contributed by atoms with E-state index in [1.807, 2.05) is 6.92 Å². The number of halogens is 1. The summed E-state index contributed by atoms with van der Waals surface area (Å²) < 4.78 is 0. The van der Waals surface area contributed by atoms with E-state index in [4.69, 9.17) is 16.7 Å². The summed E-state index contributed by atoms with van der Waals surface area (Å²) in [6.45, 7) is 2.00. The molecule has 1 saturated carbocycles. The summed E-state index contributed by atoms with van der Waals surface area (Å²) in [6.07, 6.45) is 0.877. The van der Waals surface area contributed by atoms with Crippen molar-refractivity contribution in [3.8, 4) is 0 Å². The molecule has 1 aliphatic rings. The molecule has 2 unspecified atom stereocenters. The third kappa shape index (κ3) is 2.58. The van der Waals surface area contributed by atoms with Crippen LogP contribution in [0.5, 0.6) is 0 Å². The van der Waals surface area contributed by atoms with E-state index in [2.05, 4.69) is 5.32 Å². The van der Waals surface area contributed by atoms with Crippen LogP contribution in [0.2, 0.25) is 5.02 Å². The average Bonchev–Trinajstić information content (AvgIpc) is 2.98. The van der Waals surface area contributed by atoms with Crippen molar-refractivity contribution in [3.05, 3.63) is 28.8 Å². The van der Waals surface area contributed by atoms with E-state index in [0.29, 0.717) is 16.6 Å². The minimum atomic E-state index is -1.04. The average molecular weight is 254 g/mol. The highest BCUT2D eigenvalue weighted by molar-refractivity contribution is 6.33. The molecule has 4 nitrogen and oxygen atoms in total. The molecule has 1 fully saturated rings. The summed E-state index contributed by atoms with van der Waals surface area (Å²) >= 11 is 5.90. The largest absolute Gasteiger partial charge is 0.478 e. The first kappa shape index (κ1) is 11.9. The summed E-state index contributed by atoms with van der Waals surface area (Å²) in [5, 5.41) is 11.8. The molecule has 0 bridgehead atoms. The van der Waals surface area contributed by atoms with Gasteiger partial charge in [-0.25, -0.2) is 4.79 Å². The lowest BCUT2D eigenvalue weighted by molar-refractivity contribution is -0.117. The number of carbonyl (C=O) groups excluding carboxylic acids is 1. The Morgan fingerprint density at radius 1 is 1.47 bits per heavy atom. The van der Waals surface area contributed by atoms with Gasteiger partial charge >= 0.3 is 5.97 Å². The van der Waals surface area contributed by atoms with E-state index >= 15 is 0 Å². The Kier molecular flexibility index (Phi) is 3.07. The minimum Gasteiger partial charge on any atom is -0.478 e. The molecule has 2 atom stereocenters. The minimum absolute atomic E-state index is 0.0274. The molecular formula is C12H12ClNO3. The van der Waals surface area contributed by atoms with Crippen molar-refractivity contribution in [1.29, 1.82) is 0 Å². The highest BCUT2D eigenvalue weighted by Crippen LogP contribution is 2.39. The molecule has 1 aromatic carbocycles. The summed E-state index contributed by atoms with van der Waals surface area (Å²) in [4.78, 5) is 22.5. The van der Waals surface area contributed by atoms with Gasteiger partial charge in [-0.2, -0.15) is 0 Å². The predicted molar refractivity (Wildman–Crippen MR) is 64.3 cm³/mol. The number of amides is 1. The number of anilines is 1. The fourth-order valence-electron chi connectivity index (χ4n) is 1.67. The molecule has 0 saturated heterocycles. The van der Waals surface area contributed by atoms with Crippen molar-refractivity contribution in [1.82, 2.24) is 0 Å². The van der Waals surface area contributed by atoms with Crippen LogP contribution in [0.3, 0.4) is 0 Å². The van der Waals surface area contributed by atoms with E-state index in [9.17, 15) is 9.59 Å². The number of carboxylic acid groups (broad SMARTS) is 1. The Morgan fingerprint density at radius 3 is 2.65 bits per heavy atom. The zero-order valence-corrected chi connectivity index (χ0v) is 9.99. The fraction of sp³-hybridized carbons (Fsp3) is 0.333. The van der Waals surface area contributed by atoms with Gasteiger partial charge in [-0.15, -0.1) is 0 Å². The maximum absolute atomic E-state index is 11.7. The highest BCUT2D eigenvalue weighted by Gasteiger charge is 2.39. The van der Waals surface area contributed by atoms with Crippen LogP contribution in [0.4, 0.5) is 5.69 Å². The molecule has 1 amide bonds. The van der Waals surface area contributed by atoms with Crippen molar-refractivity contribution in [2.24, 2.45) is 11.8 Å². The molecule has 2 rings (SSSR count). The van der Waals surface area contributed by atoms with E-state index < -0.39 is 5.97 Å². The number of nitrogens with one attached hydrogen (secondary N) is 1. The number of carbonyl (C=O) groups is 2. The van der Waals surface area contributed by atoms with E-state index in [-0.39, 0.29) is 17.4 Å². The van der Waals surface area contributed by atoms with Crippen molar-refractivity contribution in [2.45, 2.75) is 13.3 Å². The molecule has 1 aromatic rings. The van der Waals surface area contributed by atoms with Gasteiger partial charge < -0.3 is 10.4 Å². The van der Waals surface area contributed by atoms with Gasteiger partial charge in [-0.1, -0.05) is 18.5 Å². The van der Waals surface area contributed by atoms with Gasteiger partial charge in [0.15, 0.2) is 0 Å². The van der Waals surface area contributed by atoms with Crippen LogP contribution in [0.25, 0.3) is 0 Å². The lowest BCUT2D eigenvalue weighted by Gasteiger charge is -2.07. The highest BCUT2D eigenvalue weighted by atomic mass is 35.5. The van der Waals surface area contributed by atoms with Gasteiger partial charge in [0.25, 0.3) is 0 Å². The molecule has 90 valence electrons. The van der Waals surface area contributed by atoms with Crippen molar-refractivity contribution in [2.75, 3.05) is 5.32 Å². The Morgan fingerprint density at radius 2 is 2.12 bits per heavy atom. The quantitative estimate of drug-likeness (QED) is 0.870. The lowest BCUT2D eigenvalue weighted by Crippen LogP contribution is -2.15. The molecular weight excluding hydrogens is 242 g/mol. The van der Waals surface area contributed by atoms with Crippen LogP contribution >= 0.6 is 11.6 Å².